The van der Waals surface area contributed by atoms with Crippen LogP contribution in [0.3, 0.4) is 0 Å². The van der Waals surface area contributed by atoms with Crippen LogP contribution in [-0.2, 0) is 6.61 Å². The number of nitrogens with two attached hydrogens (primary N) is 1. The van der Waals surface area contributed by atoms with E-state index in [0.29, 0.717) is 23.8 Å². The van der Waals surface area contributed by atoms with Crippen LogP contribution in [0.5, 0.6) is 17.2 Å². The molecule has 0 saturated carbocycles. The highest BCUT2D eigenvalue weighted by molar-refractivity contribution is 5.52. The predicted molar refractivity (Wildman–Crippen MR) is 74.7 cm³/mol. The molecule has 0 aliphatic heterocycles. The van der Waals surface area contributed by atoms with Gasteiger partial charge in [-0.2, -0.15) is 0 Å². The summed E-state index contributed by atoms with van der Waals surface area (Å²) in [6.07, 6.45) is 0. The number of hydrogen-bond donors (Lipinski definition) is 1. The van der Waals surface area contributed by atoms with E-state index in [-0.39, 0.29) is 0 Å². The largest absolute Gasteiger partial charge is 0.497 e. The minimum Gasteiger partial charge on any atom is -0.497 e. The molecular formula is C15H17NO3. The van der Waals surface area contributed by atoms with Crippen molar-refractivity contribution in [1.29, 1.82) is 0 Å². The summed E-state index contributed by atoms with van der Waals surface area (Å²) in [6, 6.07) is 13.1. The summed E-state index contributed by atoms with van der Waals surface area (Å²) in [7, 11) is 3.23. The average molecular weight is 259 g/mol. The van der Waals surface area contributed by atoms with E-state index in [2.05, 4.69) is 0 Å². The second-order valence-electron chi connectivity index (χ2n) is 4.05. The van der Waals surface area contributed by atoms with Crippen molar-refractivity contribution in [3.63, 3.8) is 0 Å². The Morgan fingerprint density at radius 3 is 2.53 bits per heavy atom. The molecule has 2 aromatic rings. The van der Waals surface area contributed by atoms with E-state index in [0.717, 1.165) is 11.3 Å². The van der Waals surface area contributed by atoms with Crippen molar-refractivity contribution >= 4 is 5.69 Å². The summed E-state index contributed by atoms with van der Waals surface area (Å²) in [5.74, 6) is 2.10. The first-order valence-corrected chi connectivity index (χ1v) is 5.92. The van der Waals surface area contributed by atoms with Crippen molar-refractivity contribution in [2.24, 2.45) is 0 Å². The molecule has 2 rings (SSSR count). The summed E-state index contributed by atoms with van der Waals surface area (Å²) in [6.45, 7) is 0.442. The third-order valence-corrected chi connectivity index (χ3v) is 2.72. The molecular weight excluding hydrogens is 242 g/mol. The highest BCUT2D eigenvalue weighted by Gasteiger charge is 2.05. The van der Waals surface area contributed by atoms with Crippen LogP contribution in [-0.4, -0.2) is 14.2 Å². The number of methoxy groups -OCH3 is 2. The van der Waals surface area contributed by atoms with Gasteiger partial charge >= 0.3 is 0 Å². The smallest absolute Gasteiger partial charge is 0.162 e. The molecule has 2 aromatic carbocycles. The third-order valence-electron chi connectivity index (χ3n) is 2.72. The molecule has 4 nitrogen and oxygen atoms in total. The molecule has 0 aromatic heterocycles. The lowest BCUT2D eigenvalue weighted by atomic mass is 10.2. The lowest BCUT2D eigenvalue weighted by molar-refractivity contribution is 0.284. The zero-order chi connectivity index (χ0) is 13.7. The number of ether oxygens (including phenoxy) is 3. The molecule has 2 N–H and O–H groups in total. The lowest BCUT2D eigenvalue weighted by Gasteiger charge is -2.11. The molecule has 0 amide bonds. The van der Waals surface area contributed by atoms with Crippen molar-refractivity contribution in [3.8, 4) is 17.2 Å². The second kappa shape index (κ2) is 6.00. The molecule has 0 aliphatic rings. The number of hydrogen-bond acceptors (Lipinski definition) is 4. The minimum atomic E-state index is 0.442. The number of benzene rings is 2. The molecule has 0 heterocycles. The van der Waals surface area contributed by atoms with Gasteiger partial charge in [-0.1, -0.05) is 12.1 Å². The van der Waals surface area contributed by atoms with E-state index < -0.39 is 0 Å². The Labute approximate surface area is 112 Å². The molecule has 0 bridgehead atoms. The van der Waals surface area contributed by atoms with E-state index in [1.807, 2.05) is 24.3 Å². The Bertz CT molecular complexity index is 555. The predicted octanol–water partition coefficient (Wildman–Crippen LogP) is 2.87. The number of rotatable bonds is 5. The maximum Gasteiger partial charge on any atom is 0.162 e. The Morgan fingerprint density at radius 1 is 0.947 bits per heavy atom. The first kappa shape index (κ1) is 13.1. The van der Waals surface area contributed by atoms with Crippen LogP contribution in [0.4, 0.5) is 5.69 Å². The second-order valence-corrected chi connectivity index (χ2v) is 4.05. The standard InChI is InChI=1S/C15H17NO3/c1-17-13-5-3-4-11(8-13)10-19-14-7-6-12(16)9-15(14)18-2/h3-9H,10,16H2,1-2H3. The van der Waals surface area contributed by atoms with Gasteiger partial charge in [0.2, 0.25) is 0 Å². The Balaban J connectivity index is 2.09. The van der Waals surface area contributed by atoms with Crippen molar-refractivity contribution < 1.29 is 14.2 Å². The Kier molecular flexibility index (Phi) is 4.13. The molecule has 0 saturated heterocycles. The maximum atomic E-state index is 5.73. The van der Waals surface area contributed by atoms with Crippen molar-refractivity contribution in [2.45, 2.75) is 6.61 Å². The van der Waals surface area contributed by atoms with Gasteiger partial charge in [-0.05, 0) is 29.8 Å². The van der Waals surface area contributed by atoms with E-state index in [1.165, 1.54) is 0 Å². The third kappa shape index (κ3) is 3.31. The molecule has 0 spiro atoms. The van der Waals surface area contributed by atoms with Crippen molar-refractivity contribution in [1.82, 2.24) is 0 Å². The summed E-state index contributed by atoms with van der Waals surface area (Å²) in [5.41, 5.74) is 7.37. The maximum absolute atomic E-state index is 5.73. The average Bonchev–Trinajstić information content (AvgIpc) is 2.46. The van der Waals surface area contributed by atoms with Gasteiger partial charge in [-0.3, -0.25) is 0 Å². The van der Waals surface area contributed by atoms with Gasteiger partial charge in [-0.15, -0.1) is 0 Å². The Hall–Kier alpha value is -2.36. The summed E-state index contributed by atoms with van der Waals surface area (Å²) in [4.78, 5) is 0. The lowest BCUT2D eigenvalue weighted by Crippen LogP contribution is -1.98. The number of nitrogen functional groups attached to an aromatic ring is 1. The molecule has 0 atom stereocenters. The fourth-order valence-electron chi connectivity index (χ4n) is 1.73. The van der Waals surface area contributed by atoms with Crippen LogP contribution < -0.4 is 19.9 Å². The molecule has 4 heteroatoms. The van der Waals surface area contributed by atoms with Crippen LogP contribution in [0.1, 0.15) is 5.56 Å². The van der Waals surface area contributed by atoms with Gasteiger partial charge in [0, 0.05) is 11.8 Å². The van der Waals surface area contributed by atoms with Crippen molar-refractivity contribution in [2.75, 3.05) is 20.0 Å². The highest BCUT2D eigenvalue weighted by Crippen LogP contribution is 2.29. The van der Waals surface area contributed by atoms with Crippen LogP contribution in [0.2, 0.25) is 0 Å². The van der Waals surface area contributed by atoms with Gasteiger partial charge < -0.3 is 19.9 Å². The van der Waals surface area contributed by atoms with Crippen LogP contribution >= 0.6 is 0 Å². The fourth-order valence-corrected chi connectivity index (χ4v) is 1.73. The minimum absolute atomic E-state index is 0.442. The zero-order valence-corrected chi connectivity index (χ0v) is 11.1. The van der Waals surface area contributed by atoms with Gasteiger partial charge in [0.25, 0.3) is 0 Å². The molecule has 0 fully saturated rings. The monoisotopic (exact) mass is 259 g/mol. The molecule has 0 unspecified atom stereocenters. The van der Waals surface area contributed by atoms with Crippen LogP contribution in [0.15, 0.2) is 42.5 Å². The zero-order valence-electron chi connectivity index (χ0n) is 11.1. The van der Waals surface area contributed by atoms with Crippen molar-refractivity contribution in [3.05, 3.63) is 48.0 Å². The first-order valence-electron chi connectivity index (χ1n) is 5.92. The highest BCUT2D eigenvalue weighted by atomic mass is 16.5. The van der Waals surface area contributed by atoms with Gasteiger partial charge in [0.05, 0.1) is 14.2 Å². The normalized spacial score (nSPS) is 10.0. The molecule has 0 radical (unpaired) electrons. The molecule has 0 aliphatic carbocycles. The summed E-state index contributed by atoms with van der Waals surface area (Å²) >= 11 is 0. The quantitative estimate of drug-likeness (QED) is 0.839. The van der Waals surface area contributed by atoms with Crippen LogP contribution in [0.25, 0.3) is 0 Å². The Morgan fingerprint density at radius 2 is 1.79 bits per heavy atom. The van der Waals surface area contributed by atoms with E-state index in [9.17, 15) is 0 Å². The summed E-state index contributed by atoms with van der Waals surface area (Å²) in [5, 5.41) is 0. The van der Waals surface area contributed by atoms with Crippen LogP contribution in [0, 0.1) is 0 Å². The molecule has 100 valence electrons. The SMILES string of the molecule is COc1cccc(COc2ccc(N)cc2OC)c1. The van der Waals surface area contributed by atoms with Gasteiger partial charge in [-0.25, -0.2) is 0 Å². The van der Waals surface area contributed by atoms with Gasteiger partial charge in [0.1, 0.15) is 12.4 Å². The topological polar surface area (TPSA) is 53.7 Å². The van der Waals surface area contributed by atoms with E-state index in [1.54, 1.807) is 32.4 Å². The molecule has 19 heavy (non-hydrogen) atoms. The van der Waals surface area contributed by atoms with E-state index in [4.69, 9.17) is 19.9 Å². The van der Waals surface area contributed by atoms with Gasteiger partial charge in [0.15, 0.2) is 11.5 Å². The fraction of sp³-hybridized carbons (Fsp3) is 0.200. The summed E-state index contributed by atoms with van der Waals surface area (Å²) < 4.78 is 16.1. The first-order chi connectivity index (χ1) is 9.22. The van der Waals surface area contributed by atoms with E-state index >= 15 is 0 Å². The number of anilines is 1.